The van der Waals surface area contributed by atoms with Gasteiger partial charge < -0.3 is 5.32 Å². The number of nitrogens with one attached hydrogen (secondary N) is 1. The lowest BCUT2D eigenvalue weighted by Gasteiger charge is -2.09. The Kier molecular flexibility index (Phi) is 5.02. The second-order valence-corrected chi connectivity index (χ2v) is 6.19. The molecule has 3 nitrogen and oxygen atoms in total. The maximum atomic E-state index is 11.8. The Bertz CT molecular complexity index is 450. The number of carbonyl (C=O) groups is 2. The van der Waals surface area contributed by atoms with Gasteiger partial charge in [0.25, 0.3) is 0 Å². The van der Waals surface area contributed by atoms with Gasteiger partial charge in [0.1, 0.15) is 0 Å². The molecule has 4 heteroatoms. The Morgan fingerprint density at radius 2 is 1.84 bits per heavy atom. The number of hydrogen-bond acceptors (Lipinski definition) is 3. The first-order valence-corrected chi connectivity index (χ1v) is 7.72. The van der Waals surface area contributed by atoms with Crippen LogP contribution in [0.25, 0.3) is 0 Å². The lowest BCUT2D eigenvalue weighted by Crippen LogP contribution is -2.15. The molecule has 2 rings (SSSR count). The Balaban J connectivity index is 1.79. The summed E-state index contributed by atoms with van der Waals surface area (Å²) >= 11 is 1.75. The molecule has 1 aliphatic carbocycles. The van der Waals surface area contributed by atoms with E-state index in [0.717, 1.165) is 5.69 Å². The van der Waals surface area contributed by atoms with Crippen molar-refractivity contribution < 1.29 is 9.59 Å². The molecule has 0 heterocycles. The molecule has 0 spiro atoms. The van der Waals surface area contributed by atoms with Crippen LogP contribution < -0.4 is 5.32 Å². The molecular weight excluding hydrogens is 258 g/mol. The normalized spacial score (nSPS) is 15.4. The minimum atomic E-state index is 0.0347. The minimum absolute atomic E-state index is 0.0347. The molecule has 0 saturated heterocycles. The van der Waals surface area contributed by atoms with E-state index in [9.17, 15) is 9.59 Å². The number of thioether (sulfide) groups is 1. The van der Waals surface area contributed by atoms with Gasteiger partial charge in [-0.1, -0.05) is 12.8 Å². The summed E-state index contributed by atoms with van der Waals surface area (Å²) < 4.78 is 0. The topological polar surface area (TPSA) is 46.2 Å². The average Bonchev–Trinajstić information content (AvgIpc) is 2.90. The predicted molar refractivity (Wildman–Crippen MR) is 79.8 cm³/mol. The third-order valence-corrected chi connectivity index (χ3v) is 4.70. The van der Waals surface area contributed by atoms with Gasteiger partial charge >= 0.3 is 0 Å². The van der Waals surface area contributed by atoms with Gasteiger partial charge in [-0.2, -0.15) is 0 Å². The van der Waals surface area contributed by atoms with Crippen molar-refractivity contribution in [3.63, 3.8) is 0 Å². The van der Waals surface area contributed by atoms with Gasteiger partial charge in [0.2, 0.25) is 5.91 Å². The summed E-state index contributed by atoms with van der Waals surface area (Å²) in [7, 11) is 0. The van der Waals surface area contributed by atoms with Gasteiger partial charge in [-0.25, -0.2) is 0 Å². The maximum Gasteiger partial charge on any atom is 0.234 e. The predicted octanol–water partition coefficient (Wildman–Crippen LogP) is 3.50. The number of benzene rings is 1. The smallest absolute Gasteiger partial charge is 0.234 e. The van der Waals surface area contributed by atoms with E-state index in [-0.39, 0.29) is 11.7 Å². The summed E-state index contributed by atoms with van der Waals surface area (Å²) in [5.74, 6) is 0.584. The van der Waals surface area contributed by atoms with E-state index in [4.69, 9.17) is 0 Å². The first-order valence-electron chi connectivity index (χ1n) is 6.67. The number of Topliss-reactive ketones (excluding diaryl/α,β-unsaturated/α-hetero) is 1. The van der Waals surface area contributed by atoms with Crippen molar-refractivity contribution in [1.29, 1.82) is 0 Å². The van der Waals surface area contributed by atoms with E-state index < -0.39 is 0 Å². The highest BCUT2D eigenvalue weighted by molar-refractivity contribution is 8.00. The van der Waals surface area contributed by atoms with Gasteiger partial charge in [-0.15, -0.1) is 11.8 Å². The molecule has 0 bridgehead atoms. The molecule has 0 atom stereocenters. The summed E-state index contributed by atoms with van der Waals surface area (Å²) in [6.07, 6.45) is 5.08. The second kappa shape index (κ2) is 6.75. The fourth-order valence-electron chi connectivity index (χ4n) is 2.23. The lowest BCUT2D eigenvalue weighted by atomic mass is 10.1. The Morgan fingerprint density at radius 3 is 2.42 bits per heavy atom. The summed E-state index contributed by atoms with van der Waals surface area (Å²) in [5, 5.41) is 3.52. The second-order valence-electron chi connectivity index (χ2n) is 4.90. The lowest BCUT2D eigenvalue weighted by molar-refractivity contribution is -0.113. The van der Waals surface area contributed by atoms with Crippen LogP contribution in [0.3, 0.4) is 0 Å². The van der Waals surface area contributed by atoms with E-state index in [2.05, 4.69) is 5.32 Å². The Labute approximate surface area is 118 Å². The molecule has 102 valence electrons. The zero-order chi connectivity index (χ0) is 13.7. The van der Waals surface area contributed by atoms with Gasteiger partial charge in [0.05, 0.1) is 5.75 Å². The molecule has 0 unspecified atom stereocenters. The summed E-state index contributed by atoms with van der Waals surface area (Å²) in [5.41, 5.74) is 1.42. The molecule has 1 fully saturated rings. The third kappa shape index (κ3) is 4.39. The number of hydrogen-bond donors (Lipinski definition) is 1. The number of amides is 1. The van der Waals surface area contributed by atoms with Crippen LogP contribution in [-0.4, -0.2) is 22.7 Å². The summed E-state index contributed by atoms with van der Waals surface area (Å²) in [4.78, 5) is 22.9. The molecule has 0 radical (unpaired) electrons. The van der Waals surface area contributed by atoms with Gasteiger partial charge in [0.15, 0.2) is 5.78 Å². The van der Waals surface area contributed by atoms with Gasteiger partial charge in [-0.05, 0) is 44.0 Å². The van der Waals surface area contributed by atoms with E-state index in [1.54, 1.807) is 36.0 Å². The number of ketones is 1. The van der Waals surface area contributed by atoms with E-state index in [0.29, 0.717) is 16.6 Å². The van der Waals surface area contributed by atoms with E-state index in [1.807, 2.05) is 0 Å². The molecule has 1 aromatic rings. The van der Waals surface area contributed by atoms with E-state index in [1.165, 1.54) is 32.6 Å². The molecular formula is C15H19NO2S. The SMILES string of the molecule is CC(=O)c1ccc(NC(=O)CSC2CCCC2)cc1. The molecule has 1 aromatic carbocycles. The molecule has 1 aliphatic rings. The van der Waals surface area contributed by atoms with Crippen molar-refractivity contribution in [2.75, 3.05) is 11.1 Å². The Morgan fingerprint density at radius 1 is 1.21 bits per heavy atom. The van der Waals surface area contributed by atoms with Crippen molar-refractivity contribution >= 4 is 29.1 Å². The van der Waals surface area contributed by atoms with Crippen LogP contribution in [0.15, 0.2) is 24.3 Å². The fourth-order valence-corrected chi connectivity index (χ4v) is 3.36. The molecule has 1 N–H and O–H groups in total. The number of anilines is 1. The van der Waals surface area contributed by atoms with Crippen LogP contribution in [0.1, 0.15) is 43.0 Å². The van der Waals surface area contributed by atoms with Crippen LogP contribution in [0.4, 0.5) is 5.69 Å². The van der Waals surface area contributed by atoms with Crippen LogP contribution in [0.5, 0.6) is 0 Å². The van der Waals surface area contributed by atoms with Crippen molar-refractivity contribution in [2.45, 2.75) is 37.9 Å². The molecule has 19 heavy (non-hydrogen) atoms. The van der Waals surface area contributed by atoms with Gasteiger partial charge in [0, 0.05) is 16.5 Å². The Hall–Kier alpha value is -1.29. The first-order chi connectivity index (χ1) is 9.15. The van der Waals surface area contributed by atoms with Crippen molar-refractivity contribution in [3.05, 3.63) is 29.8 Å². The minimum Gasteiger partial charge on any atom is -0.325 e. The maximum absolute atomic E-state index is 11.8. The molecule has 0 aliphatic heterocycles. The largest absolute Gasteiger partial charge is 0.325 e. The third-order valence-electron chi connectivity index (χ3n) is 3.33. The number of carbonyl (C=O) groups excluding carboxylic acids is 2. The van der Waals surface area contributed by atoms with Crippen LogP contribution >= 0.6 is 11.8 Å². The van der Waals surface area contributed by atoms with Crippen LogP contribution in [0, 0.1) is 0 Å². The highest BCUT2D eigenvalue weighted by atomic mass is 32.2. The monoisotopic (exact) mass is 277 g/mol. The molecule has 1 amide bonds. The summed E-state index contributed by atoms with van der Waals surface area (Å²) in [6.45, 7) is 1.53. The van der Waals surface area contributed by atoms with Gasteiger partial charge in [-0.3, -0.25) is 9.59 Å². The standard InChI is InChI=1S/C15H19NO2S/c1-11(17)12-6-8-13(9-7-12)16-15(18)10-19-14-4-2-3-5-14/h6-9,14H,2-5,10H2,1H3,(H,16,18). The molecule has 1 saturated carbocycles. The first kappa shape index (κ1) is 14.1. The average molecular weight is 277 g/mol. The molecule has 0 aromatic heterocycles. The van der Waals surface area contributed by atoms with E-state index >= 15 is 0 Å². The van der Waals surface area contributed by atoms with Crippen LogP contribution in [-0.2, 0) is 4.79 Å². The van der Waals surface area contributed by atoms with Crippen molar-refractivity contribution in [3.8, 4) is 0 Å². The summed E-state index contributed by atoms with van der Waals surface area (Å²) in [6, 6.07) is 7.02. The zero-order valence-corrected chi connectivity index (χ0v) is 12.0. The van der Waals surface area contributed by atoms with Crippen molar-refractivity contribution in [1.82, 2.24) is 0 Å². The van der Waals surface area contributed by atoms with Crippen LogP contribution in [0.2, 0.25) is 0 Å². The zero-order valence-electron chi connectivity index (χ0n) is 11.1. The quantitative estimate of drug-likeness (QED) is 0.838. The van der Waals surface area contributed by atoms with Crippen molar-refractivity contribution in [2.24, 2.45) is 0 Å². The fraction of sp³-hybridized carbons (Fsp3) is 0.467. The highest BCUT2D eigenvalue weighted by Crippen LogP contribution is 2.29. The number of rotatable bonds is 5. The highest BCUT2D eigenvalue weighted by Gasteiger charge is 2.16.